The third kappa shape index (κ3) is 3.97. The van der Waals surface area contributed by atoms with Crippen molar-refractivity contribution in [1.29, 1.82) is 0 Å². The van der Waals surface area contributed by atoms with Crippen molar-refractivity contribution < 1.29 is 8.95 Å². The summed E-state index contributed by atoms with van der Waals surface area (Å²) < 4.78 is 23.1. The molecule has 0 unspecified atom stereocenters. The van der Waals surface area contributed by atoms with Gasteiger partial charge in [0.25, 0.3) is 0 Å². The average molecular weight is 415 g/mol. The molecule has 1 fully saturated rings. The summed E-state index contributed by atoms with van der Waals surface area (Å²) in [5.74, 6) is 2.77. The van der Waals surface area contributed by atoms with Gasteiger partial charge in [-0.05, 0) is 19.1 Å². The van der Waals surface area contributed by atoms with E-state index in [-0.39, 0.29) is 6.04 Å². The van der Waals surface area contributed by atoms with Gasteiger partial charge in [-0.3, -0.25) is 0 Å². The Balaban J connectivity index is 1.91. The zero-order chi connectivity index (χ0) is 20.4. The SMILES string of the molecule is CCS(=O)(CC)=Nc1cc(N2CCOC[C@H]2C)nc(-c2ccnc3[nH]ccc23)n1. The number of nitrogens with zero attached hydrogens (tertiary/aromatic N) is 5. The van der Waals surface area contributed by atoms with E-state index in [2.05, 4.69) is 31.1 Å². The molecule has 0 saturated carbocycles. The number of morpholine rings is 1. The molecular formula is C20H26N6O2S. The second-order valence-corrected chi connectivity index (χ2v) is 9.95. The molecule has 3 aromatic rings. The molecule has 1 atom stereocenters. The fourth-order valence-corrected chi connectivity index (χ4v) is 4.56. The largest absolute Gasteiger partial charge is 0.377 e. The molecule has 29 heavy (non-hydrogen) atoms. The molecule has 154 valence electrons. The zero-order valence-corrected chi connectivity index (χ0v) is 17.8. The van der Waals surface area contributed by atoms with Crippen molar-refractivity contribution >= 4 is 32.4 Å². The van der Waals surface area contributed by atoms with Crippen LogP contribution in [0.3, 0.4) is 0 Å². The van der Waals surface area contributed by atoms with Crippen molar-refractivity contribution in [2.24, 2.45) is 4.36 Å². The Hall–Kier alpha value is -2.52. The molecule has 1 aliphatic rings. The van der Waals surface area contributed by atoms with E-state index in [0.717, 1.165) is 29.0 Å². The number of nitrogens with one attached hydrogen (secondary N) is 1. The minimum atomic E-state index is -2.34. The van der Waals surface area contributed by atoms with E-state index >= 15 is 0 Å². The van der Waals surface area contributed by atoms with Crippen molar-refractivity contribution in [3.05, 3.63) is 30.6 Å². The van der Waals surface area contributed by atoms with Crippen LogP contribution >= 0.6 is 0 Å². The van der Waals surface area contributed by atoms with Crippen molar-refractivity contribution in [1.82, 2.24) is 19.9 Å². The van der Waals surface area contributed by atoms with Crippen molar-refractivity contribution in [2.45, 2.75) is 26.8 Å². The number of ether oxygens (including phenoxy) is 1. The Morgan fingerprint density at radius 2 is 2.14 bits per heavy atom. The third-order valence-corrected chi connectivity index (χ3v) is 7.55. The quantitative estimate of drug-likeness (QED) is 0.687. The summed E-state index contributed by atoms with van der Waals surface area (Å²) in [4.78, 5) is 19.2. The smallest absolute Gasteiger partial charge is 0.167 e. The van der Waals surface area contributed by atoms with Gasteiger partial charge >= 0.3 is 0 Å². The molecule has 4 rings (SSSR count). The Morgan fingerprint density at radius 3 is 2.90 bits per heavy atom. The topological polar surface area (TPSA) is 96.4 Å². The van der Waals surface area contributed by atoms with Crippen LogP contribution in [0.1, 0.15) is 20.8 Å². The van der Waals surface area contributed by atoms with Gasteiger partial charge in [0.05, 0.1) is 29.0 Å². The molecule has 3 aromatic heterocycles. The van der Waals surface area contributed by atoms with E-state index in [1.54, 1.807) is 6.20 Å². The van der Waals surface area contributed by atoms with Crippen LogP contribution in [0.2, 0.25) is 0 Å². The van der Waals surface area contributed by atoms with E-state index in [1.165, 1.54) is 0 Å². The van der Waals surface area contributed by atoms with Gasteiger partial charge in [-0.25, -0.2) is 19.2 Å². The van der Waals surface area contributed by atoms with Crippen molar-refractivity contribution in [2.75, 3.05) is 36.2 Å². The maximum atomic E-state index is 13.0. The molecule has 0 bridgehead atoms. The second-order valence-electron chi connectivity index (χ2n) is 7.06. The molecule has 1 saturated heterocycles. The van der Waals surface area contributed by atoms with Crippen LogP contribution in [0.15, 0.2) is 35.0 Å². The molecule has 0 spiro atoms. The van der Waals surface area contributed by atoms with Gasteiger partial charge in [-0.1, -0.05) is 13.8 Å². The normalized spacial score (nSPS) is 17.6. The Morgan fingerprint density at radius 1 is 1.31 bits per heavy atom. The molecule has 1 N–H and O–H groups in total. The number of H-pyrrole nitrogens is 1. The first-order chi connectivity index (χ1) is 14.0. The number of pyridine rings is 1. The lowest BCUT2D eigenvalue weighted by Gasteiger charge is -2.34. The molecule has 0 amide bonds. The summed E-state index contributed by atoms with van der Waals surface area (Å²) in [6.07, 6.45) is 3.58. The molecule has 0 aromatic carbocycles. The first-order valence-electron chi connectivity index (χ1n) is 9.91. The molecule has 0 radical (unpaired) electrons. The lowest BCUT2D eigenvalue weighted by atomic mass is 10.1. The van der Waals surface area contributed by atoms with E-state index in [9.17, 15) is 4.21 Å². The summed E-state index contributed by atoms with van der Waals surface area (Å²) in [5.41, 5.74) is 1.65. The maximum absolute atomic E-state index is 13.0. The Kier molecular flexibility index (Phi) is 5.51. The highest BCUT2D eigenvalue weighted by atomic mass is 32.2. The number of hydrogen-bond donors (Lipinski definition) is 1. The molecule has 4 heterocycles. The van der Waals surface area contributed by atoms with Crippen molar-refractivity contribution in [3.63, 3.8) is 0 Å². The molecule has 0 aliphatic carbocycles. The lowest BCUT2D eigenvalue weighted by molar-refractivity contribution is 0.0985. The van der Waals surface area contributed by atoms with E-state index in [4.69, 9.17) is 9.72 Å². The summed E-state index contributed by atoms with van der Waals surface area (Å²) in [5, 5.41) is 0.942. The third-order valence-electron chi connectivity index (χ3n) is 5.22. The summed E-state index contributed by atoms with van der Waals surface area (Å²) >= 11 is 0. The van der Waals surface area contributed by atoms with Gasteiger partial charge in [-0.2, -0.15) is 4.36 Å². The van der Waals surface area contributed by atoms with Crippen LogP contribution in [0.4, 0.5) is 11.6 Å². The van der Waals surface area contributed by atoms with Gasteiger partial charge in [0.1, 0.15) is 11.5 Å². The second kappa shape index (κ2) is 8.08. The highest BCUT2D eigenvalue weighted by molar-refractivity contribution is 7.93. The summed E-state index contributed by atoms with van der Waals surface area (Å²) in [7, 11) is -2.34. The van der Waals surface area contributed by atoms with Gasteiger partial charge in [0.2, 0.25) is 0 Å². The highest BCUT2D eigenvalue weighted by Crippen LogP contribution is 2.30. The minimum Gasteiger partial charge on any atom is -0.377 e. The zero-order valence-electron chi connectivity index (χ0n) is 17.0. The van der Waals surface area contributed by atoms with Crippen LogP contribution in [0.5, 0.6) is 0 Å². The minimum absolute atomic E-state index is 0.186. The van der Waals surface area contributed by atoms with Gasteiger partial charge in [0, 0.05) is 47.5 Å². The molecule has 1 aliphatic heterocycles. The molecular weight excluding hydrogens is 388 g/mol. The van der Waals surface area contributed by atoms with Gasteiger partial charge < -0.3 is 14.6 Å². The van der Waals surface area contributed by atoms with E-state index in [1.807, 2.05) is 38.2 Å². The Bertz CT molecular complexity index is 1120. The number of rotatable bonds is 5. The number of aromatic nitrogens is 4. The monoisotopic (exact) mass is 414 g/mol. The van der Waals surface area contributed by atoms with Crippen LogP contribution in [-0.4, -0.2) is 61.5 Å². The first-order valence-corrected chi connectivity index (χ1v) is 11.8. The maximum Gasteiger partial charge on any atom is 0.167 e. The van der Waals surface area contributed by atoms with Gasteiger partial charge in [-0.15, -0.1) is 0 Å². The highest BCUT2D eigenvalue weighted by Gasteiger charge is 2.22. The standard InChI is InChI=1S/C20H26N6O2S/c1-4-29(27,5-2)25-17-12-18(26-10-11-28-13-14(26)3)24-20(23-17)16-7-9-22-19-15(16)6-8-21-19/h6-9,12,14H,4-5,10-11,13H2,1-3H3,(H,21,22)/t14-/m1/s1. The van der Waals surface area contributed by atoms with Crippen molar-refractivity contribution in [3.8, 4) is 11.4 Å². The van der Waals surface area contributed by atoms with Crippen LogP contribution in [0.25, 0.3) is 22.4 Å². The average Bonchev–Trinajstić information content (AvgIpc) is 3.22. The fourth-order valence-electron chi connectivity index (χ4n) is 3.46. The number of anilines is 1. The van der Waals surface area contributed by atoms with Crippen LogP contribution < -0.4 is 4.90 Å². The number of hydrogen-bond acceptors (Lipinski definition) is 7. The summed E-state index contributed by atoms with van der Waals surface area (Å²) in [6, 6.07) is 5.89. The predicted molar refractivity (Wildman–Crippen MR) is 116 cm³/mol. The Labute approximate surface area is 170 Å². The molecule has 9 heteroatoms. The van der Waals surface area contributed by atoms with Gasteiger partial charge in [0.15, 0.2) is 11.6 Å². The van der Waals surface area contributed by atoms with E-state index in [0.29, 0.717) is 36.4 Å². The van der Waals surface area contributed by atoms with E-state index < -0.39 is 9.73 Å². The molecule has 8 nitrogen and oxygen atoms in total. The van der Waals surface area contributed by atoms with Crippen LogP contribution in [0, 0.1) is 0 Å². The predicted octanol–water partition coefficient (Wildman–Crippen LogP) is 3.38. The number of aromatic amines is 1. The lowest BCUT2D eigenvalue weighted by Crippen LogP contribution is -2.44. The number of fused-ring (bicyclic) bond motifs is 1. The first kappa shape index (κ1) is 19.8. The van der Waals surface area contributed by atoms with Crippen LogP contribution in [-0.2, 0) is 14.5 Å². The summed E-state index contributed by atoms with van der Waals surface area (Å²) in [6.45, 7) is 7.93. The fraction of sp³-hybridized carbons (Fsp3) is 0.450.